The Hall–Kier alpha value is -1.30. The lowest BCUT2D eigenvalue weighted by Gasteiger charge is -2.25. The number of hydrazine groups is 1. The standard InChI is InChI=1S/C9H17N3O3/c10-12-9(15)11-5-6-1-3-7(4-2-6)8(13)14/h6-7H,1-5,10H2,(H,13,14)(H2,11,12,15)/t6-,7-. The first-order chi connectivity index (χ1) is 7.13. The molecule has 0 bridgehead atoms. The number of hydrogen-bond acceptors (Lipinski definition) is 3. The van der Waals surface area contributed by atoms with Crippen molar-refractivity contribution in [2.45, 2.75) is 25.7 Å². The highest BCUT2D eigenvalue weighted by molar-refractivity contribution is 5.73. The van der Waals surface area contributed by atoms with Crippen LogP contribution in [-0.4, -0.2) is 23.7 Å². The predicted octanol–water partition coefficient (Wildman–Crippen LogP) is 0.0503. The molecule has 0 unspecified atom stereocenters. The van der Waals surface area contributed by atoms with Crippen LogP contribution in [0.2, 0.25) is 0 Å². The number of hydrogen-bond donors (Lipinski definition) is 4. The largest absolute Gasteiger partial charge is 0.481 e. The summed E-state index contributed by atoms with van der Waals surface area (Å²) in [5.74, 6) is 4.37. The lowest BCUT2D eigenvalue weighted by atomic mass is 9.82. The van der Waals surface area contributed by atoms with Gasteiger partial charge in [0.05, 0.1) is 5.92 Å². The molecular formula is C9H17N3O3. The Morgan fingerprint density at radius 1 is 1.27 bits per heavy atom. The van der Waals surface area contributed by atoms with Crippen LogP contribution >= 0.6 is 0 Å². The van der Waals surface area contributed by atoms with Gasteiger partial charge in [-0.15, -0.1) is 0 Å². The van der Waals surface area contributed by atoms with Crippen LogP contribution in [0.15, 0.2) is 0 Å². The van der Waals surface area contributed by atoms with E-state index in [1.807, 2.05) is 5.43 Å². The topological polar surface area (TPSA) is 104 Å². The van der Waals surface area contributed by atoms with Gasteiger partial charge in [-0.05, 0) is 31.6 Å². The Bertz CT molecular complexity index is 237. The van der Waals surface area contributed by atoms with Crippen molar-refractivity contribution < 1.29 is 14.7 Å². The zero-order valence-electron chi connectivity index (χ0n) is 8.53. The number of nitrogens with one attached hydrogen (secondary N) is 2. The normalized spacial score (nSPS) is 25.7. The molecule has 1 aliphatic carbocycles. The number of rotatable bonds is 3. The summed E-state index contributed by atoms with van der Waals surface area (Å²) in [6, 6.07) is -0.393. The molecule has 1 rings (SSSR count). The first kappa shape index (κ1) is 11.8. The van der Waals surface area contributed by atoms with Gasteiger partial charge in [0, 0.05) is 6.54 Å². The summed E-state index contributed by atoms with van der Waals surface area (Å²) in [6.45, 7) is 0.565. The van der Waals surface area contributed by atoms with Gasteiger partial charge in [-0.3, -0.25) is 10.2 Å². The molecule has 2 amide bonds. The summed E-state index contributed by atoms with van der Waals surface area (Å²) < 4.78 is 0. The molecule has 0 saturated heterocycles. The molecular weight excluding hydrogens is 198 g/mol. The highest BCUT2D eigenvalue weighted by Crippen LogP contribution is 2.28. The Morgan fingerprint density at radius 2 is 1.87 bits per heavy atom. The van der Waals surface area contributed by atoms with Crippen molar-refractivity contribution in [2.75, 3.05) is 6.54 Å². The van der Waals surface area contributed by atoms with Gasteiger partial charge in [0.15, 0.2) is 0 Å². The minimum Gasteiger partial charge on any atom is -0.481 e. The van der Waals surface area contributed by atoms with Gasteiger partial charge >= 0.3 is 12.0 Å². The number of carbonyl (C=O) groups is 2. The van der Waals surface area contributed by atoms with Crippen LogP contribution in [0.1, 0.15) is 25.7 Å². The van der Waals surface area contributed by atoms with Crippen LogP contribution in [-0.2, 0) is 4.79 Å². The summed E-state index contributed by atoms with van der Waals surface area (Å²) >= 11 is 0. The van der Waals surface area contributed by atoms with Crippen molar-refractivity contribution in [1.82, 2.24) is 10.7 Å². The highest BCUT2D eigenvalue weighted by atomic mass is 16.4. The molecule has 86 valence electrons. The molecule has 0 aromatic heterocycles. The van der Waals surface area contributed by atoms with Crippen LogP contribution in [0.4, 0.5) is 4.79 Å². The molecule has 0 spiro atoms. The SMILES string of the molecule is NNC(=O)NC[C@H]1CC[C@H](C(=O)O)CC1. The predicted molar refractivity (Wildman–Crippen MR) is 53.8 cm³/mol. The van der Waals surface area contributed by atoms with E-state index in [9.17, 15) is 9.59 Å². The molecule has 0 aliphatic heterocycles. The Balaban J connectivity index is 2.20. The van der Waals surface area contributed by atoms with E-state index in [4.69, 9.17) is 10.9 Å². The van der Waals surface area contributed by atoms with E-state index < -0.39 is 12.0 Å². The average Bonchev–Trinajstić information content (AvgIpc) is 2.26. The molecule has 0 heterocycles. The van der Waals surface area contributed by atoms with Crippen molar-refractivity contribution in [2.24, 2.45) is 17.7 Å². The molecule has 0 aromatic carbocycles. The van der Waals surface area contributed by atoms with Crippen molar-refractivity contribution in [3.8, 4) is 0 Å². The number of carbonyl (C=O) groups excluding carboxylic acids is 1. The van der Waals surface area contributed by atoms with E-state index in [1.165, 1.54) is 0 Å². The average molecular weight is 215 g/mol. The maximum Gasteiger partial charge on any atom is 0.328 e. The van der Waals surface area contributed by atoms with Crippen LogP contribution in [0.25, 0.3) is 0 Å². The Morgan fingerprint density at radius 3 is 2.33 bits per heavy atom. The van der Waals surface area contributed by atoms with Gasteiger partial charge < -0.3 is 10.4 Å². The van der Waals surface area contributed by atoms with Crippen molar-refractivity contribution >= 4 is 12.0 Å². The molecule has 1 saturated carbocycles. The highest BCUT2D eigenvalue weighted by Gasteiger charge is 2.25. The van der Waals surface area contributed by atoms with Gasteiger partial charge in [0.25, 0.3) is 0 Å². The van der Waals surface area contributed by atoms with Gasteiger partial charge in [0.2, 0.25) is 0 Å². The fourth-order valence-electron chi connectivity index (χ4n) is 1.90. The number of carboxylic acid groups (broad SMARTS) is 1. The van der Waals surface area contributed by atoms with E-state index in [0.29, 0.717) is 25.3 Å². The number of amides is 2. The first-order valence-electron chi connectivity index (χ1n) is 5.10. The van der Waals surface area contributed by atoms with E-state index in [2.05, 4.69) is 5.32 Å². The van der Waals surface area contributed by atoms with E-state index in [1.54, 1.807) is 0 Å². The number of nitrogens with two attached hydrogens (primary N) is 1. The van der Waals surface area contributed by atoms with E-state index >= 15 is 0 Å². The number of urea groups is 1. The summed E-state index contributed by atoms with van der Waals surface area (Å²) in [6.07, 6.45) is 3.10. The first-order valence-corrected chi connectivity index (χ1v) is 5.10. The summed E-state index contributed by atoms with van der Waals surface area (Å²) in [4.78, 5) is 21.5. The minimum absolute atomic E-state index is 0.204. The molecule has 6 heteroatoms. The van der Waals surface area contributed by atoms with Gasteiger partial charge in [-0.25, -0.2) is 10.6 Å². The minimum atomic E-state index is -0.707. The van der Waals surface area contributed by atoms with Crippen LogP contribution in [0.3, 0.4) is 0 Å². The van der Waals surface area contributed by atoms with E-state index in [0.717, 1.165) is 12.8 Å². The second-order valence-electron chi connectivity index (χ2n) is 3.91. The molecule has 1 fully saturated rings. The molecule has 15 heavy (non-hydrogen) atoms. The zero-order chi connectivity index (χ0) is 11.3. The summed E-state index contributed by atoms with van der Waals surface area (Å²) in [7, 11) is 0. The molecule has 5 N–H and O–H groups in total. The quantitative estimate of drug-likeness (QED) is 0.303. The third-order valence-corrected chi connectivity index (χ3v) is 2.88. The molecule has 0 aromatic rings. The third kappa shape index (κ3) is 3.75. The van der Waals surface area contributed by atoms with Gasteiger partial charge in [0.1, 0.15) is 0 Å². The van der Waals surface area contributed by atoms with E-state index in [-0.39, 0.29) is 5.92 Å². The Labute approximate surface area is 88.2 Å². The van der Waals surface area contributed by atoms with Crippen LogP contribution < -0.4 is 16.6 Å². The zero-order valence-corrected chi connectivity index (χ0v) is 8.53. The smallest absolute Gasteiger partial charge is 0.328 e. The van der Waals surface area contributed by atoms with Crippen LogP contribution in [0.5, 0.6) is 0 Å². The maximum atomic E-state index is 10.8. The summed E-state index contributed by atoms with van der Waals surface area (Å²) in [5.41, 5.74) is 1.99. The third-order valence-electron chi connectivity index (χ3n) is 2.88. The maximum absolute atomic E-state index is 10.8. The van der Waals surface area contributed by atoms with Crippen molar-refractivity contribution in [1.29, 1.82) is 0 Å². The monoisotopic (exact) mass is 215 g/mol. The molecule has 0 atom stereocenters. The lowest BCUT2D eigenvalue weighted by molar-refractivity contribution is -0.143. The fourth-order valence-corrected chi connectivity index (χ4v) is 1.90. The second kappa shape index (κ2) is 5.55. The van der Waals surface area contributed by atoms with Gasteiger partial charge in [-0.2, -0.15) is 0 Å². The lowest BCUT2D eigenvalue weighted by Crippen LogP contribution is -2.42. The molecule has 1 aliphatic rings. The second-order valence-corrected chi connectivity index (χ2v) is 3.91. The van der Waals surface area contributed by atoms with Crippen molar-refractivity contribution in [3.05, 3.63) is 0 Å². The number of carboxylic acids is 1. The molecule has 6 nitrogen and oxygen atoms in total. The van der Waals surface area contributed by atoms with Crippen molar-refractivity contribution in [3.63, 3.8) is 0 Å². The Kier molecular flexibility index (Phi) is 4.36. The summed E-state index contributed by atoms with van der Waals surface area (Å²) in [5, 5.41) is 11.4. The number of aliphatic carboxylic acids is 1. The fraction of sp³-hybridized carbons (Fsp3) is 0.778. The van der Waals surface area contributed by atoms with Gasteiger partial charge in [-0.1, -0.05) is 0 Å². The molecule has 0 radical (unpaired) electrons. The van der Waals surface area contributed by atoms with Crippen LogP contribution in [0, 0.1) is 11.8 Å².